The van der Waals surface area contributed by atoms with Crippen LogP contribution in [0.4, 0.5) is 0 Å². The first-order valence-corrected chi connectivity index (χ1v) is 7.50. The summed E-state index contributed by atoms with van der Waals surface area (Å²) in [6.45, 7) is 0. The minimum atomic E-state index is -0.0785. The molecule has 0 spiro atoms. The largest absolute Gasteiger partial charge is 0.381 e. The van der Waals surface area contributed by atoms with E-state index < -0.39 is 0 Å². The molecular weight excluding hydrogens is 258 g/mol. The van der Waals surface area contributed by atoms with Crippen LogP contribution in [0.5, 0.6) is 0 Å². The first-order valence-electron chi connectivity index (χ1n) is 7.50. The van der Waals surface area contributed by atoms with Crippen molar-refractivity contribution in [1.82, 2.24) is 5.32 Å². The molecule has 2 nitrogen and oxygen atoms in total. The summed E-state index contributed by atoms with van der Waals surface area (Å²) in [6, 6.07) is 14.5. The average molecular weight is 275 g/mol. The minimum absolute atomic E-state index is 0.0785. The smallest absolute Gasteiger partial charge is 0.185 e. The van der Waals surface area contributed by atoms with Crippen LogP contribution in [0.1, 0.15) is 34.3 Å². The third kappa shape index (κ3) is 1.99. The molecule has 2 aromatic carbocycles. The molecule has 4 rings (SSSR count). The van der Waals surface area contributed by atoms with E-state index in [1.165, 1.54) is 22.3 Å². The summed E-state index contributed by atoms with van der Waals surface area (Å²) < 4.78 is 0. The Hall–Kier alpha value is -2.35. The van der Waals surface area contributed by atoms with Crippen LogP contribution < -0.4 is 5.32 Å². The number of rotatable bonds is 2. The van der Waals surface area contributed by atoms with Crippen LogP contribution in [0.2, 0.25) is 0 Å². The molecular formula is C19H17NO. The van der Waals surface area contributed by atoms with Gasteiger partial charge in [0.1, 0.15) is 0 Å². The van der Waals surface area contributed by atoms with Crippen LogP contribution >= 0.6 is 0 Å². The zero-order valence-electron chi connectivity index (χ0n) is 11.8. The third-order valence-electron chi connectivity index (χ3n) is 4.47. The number of carbonyl (C=O) groups excluding carboxylic acids is 1. The predicted octanol–water partition coefficient (Wildman–Crippen LogP) is 3.71. The van der Waals surface area contributed by atoms with Crippen molar-refractivity contribution >= 4 is 5.78 Å². The molecule has 2 aliphatic rings. The van der Waals surface area contributed by atoms with Gasteiger partial charge in [0.15, 0.2) is 5.78 Å². The van der Waals surface area contributed by atoms with Gasteiger partial charge in [-0.3, -0.25) is 4.79 Å². The lowest BCUT2D eigenvalue weighted by Crippen LogP contribution is -2.35. The highest BCUT2D eigenvalue weighted by Gasteiger charge is 2.27. The highest BCUT2D eigenvalue weighted by molar-refractivity contribution is 6.03. The van der Waals surface area contributed by atoms with E-state index in [1.54, 1.807) is 0 Å². The molecule has 0 aromatic heterocycles. The number of nitrogens with one attached hydrogen (secondary N) is 1. The number of hydrogen-bond acceptors (Lipinski definition) is 2. The molecule has 0 saturated carbocycles. The average Bonchev–Trinajstić information content (AvgIpc) is 2.94. The van der Waals surface area contributed by atoms with E-state index in [2.05, 4.69) is 41.7 Å². The van der Waals surface area contributed by atoms with Gasteiger partial charge < -0.3 is 5.32 Å². The highest BCUT2D eigenvalue weighted by Crippen LogP contribution is 2.38. The number of Topliss-reactive ketones (excluding diaryl/α,β-unsaturated/α-hetero) is 1. The molecule has 0 amide bonds. The fourth-order valence-corrected chi connectivity index (χ4v) is 3.40. The van der Waals surface area contributed by atoms with Crippen molar-refractivity contribution in [3.63, 3.8) is 0 Å². The molecule has 1 unspecified atom stereocenters. The first-order chi connectivity index (χ1) is 10.3. The van der Waals surface area contributed by atoms with E-state index in [0.29, 0.717) is 0 Å². The van der Waals surface area contributed by atoms with Crippen molar-refractivity contribution in [2.45, 2.75) is 25.3 Å². The first kappa shape index (κ1) is 12.4. The van der Waals surface area contributed by atoms with Crippen molar-refractivity contribution in [3.05, 3.63) is 71.4 Å². The Balaban J connectivity index is 1.76. The standard InChI is InChI=1S/C19H17NO/c21-19(18-10-3-4-11-20-18)16-9-5-8-15-14-7-2-1-6-13(14)12-17(15)16/h1-2,4-9,11,18,20H,3,10,12H2. The van der Waals surface area contributed by atoms with E-state index in [0.717, 1.165) is 24.8 Å². The molecule has 0 radical (unpaired) electrons. The number of fused-ring (bicyclic) bond motifs is 3. The van der Waals surface area contributed by atoms with Gasteiger partial charge >= 0.3 is 0 Å². The maximum Gasteiger partial charge on any atom is 0.185 e. The van der Waals surface area contributed by atoms with E-state index in [-0.39, 0.29) is 11.8 Å². The topological polar surface area (TPSA) is 29.1 Å². The van der Waals surface area contributed by atoms with Gasteiger partial charge in [-0.05, 0) is 47.7 Å². The van der Waals surface area contributed by atoms with Gasteiger partial charge in [-0.1, -0.05) is 48.5 Å². The summed E-state index contributed by atoms with van der Waals surface area (Å²) in [5.41, 5.74) is 5.90. The van der Waals surface area contributed by atoms with Gasteiger partial charge in [-0.15, -0.1) is 0 Å². The van der Waals surface area contributed by atoms with Crippen molar-refractivity contribution < 1.29 is 4.79 Å². The number of hydrogen-bond donors (Lipinski definition) is 1. The monoisotopic (exact) mass is 275 g/mol. The quantitative estimate of drug-likeness (QED) is 0.722. The third-order valence-corrected chi connectivity index (χ3v) is 4.47. The summed E-state index contributed by atoms with van der Waals surface area (Å²) in [5.74, 6) is 0.226. The Labute approximate surface area is 124 Å². The summed E-state index contributed by atoms with van der Waals surface area (Å²) in [6.07, 6.45) is 6.71. The molecule has 0 bridgehead atoms. The van der Waals surface area contributed by atoms with E-state index in [1.807, 2.05) is 18.3 Å². The molecule has 2 aromatic rings. The van der Waals surface area contributed by atoms with Crippen molar-refractivity contribution in [2.24, 2.45) is 0 Å². The lowest BCUT2D eigenvalue weighted by atomic mass is 9.92. The predicted molar refractivity (Wildman–Crippen MR) is 84.3 cm³/mol. The Bertz CT molecular complexity index is 745. The molecule has 1 aliphatic heterocycles. The minimum Gasteiger partial charge on any atom is -0.381 e. The van der Waals surface area contributed by atoms with Crippen LogP contribution in [-0.4, -0.2) is 11.8 Å². The highest BCUT2D eigenvalue weighted by atomic mass is 16.1. The van der Waals surface area contributed by atoms with Gasteiger partial charge in [-0.25, -0.2) is 0 Å². The SMILES string of the molecule is O=C(c1cccc2c1Cc1ccccc1-2)C1CCC=CN1. The van der Waals surface area contributed by atoms with Crippen molar-refractivity contribution in [3.8, 4) is 11.1 Å². The number of allylic oxidation sites excluding steroid dienone is 1. The maximum atomic E-state index is 12.8. The summed E-state index contributed by atoms with van der Waals surface area (Å²) in [5, 5.41) is 3.20. The zero-order chi connectivity index (χ0) is 14.2. The Morgan fingerprint density at radius 3 is 2.76 bits per heavy atom. The van der Waals surface area contributed by atoms with Crippen LogP contribution in [0, 0.1) is 0 Å². The Morgan fingerprint density at radius 2 is 1.90 bits per heavy atom. The molecule has 1 atom stereocenters. The summed E-state index contributed by atoms with van der Waals surface area (Å²) in [4.78, 5) is 12.8. The number of ketones is 1. The fourth-order valence-electron chi connectivity index (χ4n) is 3.40. The molecule has 1 aliphatic carbocycles. The van der Waals surface area contributed by atoms with Crippen LogP contribution in [-0.2, 0) is 6.42 Å². The maximum absolute atomic E-state index is 12.8. The van der Waals surface area contributed by atoms with E-state index in [4.69, 9.17) is 0 Å². The van der Waals surface area contributed by atoms with Crippen LogP contribution in [0.3, 0.4) is 0 Å². The molecule has 1 N–H and O–H groups in total. The van der Waals surface area contributed by atoms with Gasteiger partial charge in [-0.2, -0.15) is 0 Å². The second-order valence-electron chi connectivity index (χ2n) is 5.73. The number of carbonyl (C=O) groups is 1. The van der Waals surface area contributed by atoms with Gasteiger partial charge in [0, 0.05) is 5.56 Å². The molecule has 2 heteroatoms. The van der Waals surface area contributed by atoms with Crippen molar-refractivity contribution in [2.75, 3.05) is 0 Å². The normalized spacial score (nSPS) is 18.8. The lowest BCUT2D eigenvalue weighted by molar-refractivity contribution is 0.0942. The number of benzene rings is 2. The Morgan fingerprint density at radius 1 is 1.05 bits per heavy atom. The van der Waals surface area contributed by atoms with E-state index in [9.17, 15) is 4.79 Å². The van der Waals surface area contributed by atoms with Crippen molar-refractivity contribution in [1.29, 1.82) is 0 Å². The molecule has 1 heterocycles. The lowest BCUT2D eigenvalue weighted by Gasteiger charge is -2.20. The van der Waals surface area contributed by atoms with Gasteiger partial charge in [0.05, 0.1) is 6.04 Å². The molecule has 104 valence electrons. The van der Waals surface area contributed by atoms with Gasteiger partial charge in [0.2, 0.25) is 0 Å². The molecule has 0 fully saturated rings. The Kier molecular flexibility index (Phi) is 2.88. The second kappa shape index (κ2) is 4.88. The summed E-state index contributed by atoms with van der Waals surface area (Å²) >= 11 is 0. The van der Waals surface area contributed by atoms with E-state index >= 15 is 0 Å². The van der Waals surface area contributed by atoms with Crippen LogP contribution in [0.25, 0.3) is 11.1 Å². The molecule has 21 heavy (non-hydrogen) atoms. The second-order valence-corrected chi connectivity index (χ2v) is 5.73. The van der Waals surface area contributed by atoms with Crippen LogP contribution in [0.15, 0.2) is 54.7 Å². The van der Waals surface area contributed by atoms with Gasteiger partial charge in [0.25, 0.3) is 0 Å². The fraction of sp³-hybridized carbons (Fsp3) is 0.211. The molecule has 0 saturated heterocycles. The zero-order valence-corrected chi connectivity index (χ0v) is 11.8. The summed E-state index contributed by atoms with van der Waals surface area (Å²) in [7, 11) is 0.